The van der Waals surface area contributed by atoms with Crippen LogP contribution in [-0.2, 0) is 4.74 Å². The van der Waals surface area contributed by atoms with Gasteiger partial charge < -0.3 is 14.8 Å². The van der Waals surface area contributed by atoms with E-state index in [1.165, 1.54) is 19.4 Å². The van der Waals surface area contributed by atoms with Crippen molar-refractivity contribution in [3.63, 3.8) is 0 Å². The van der Waals surface area contributed by atoms with Gasteiger partial charge in [0.25, 0.3) is 0 Å². The van der Waals surface area contributed by atoms with Gasteiger partial charge in [0.2, 0.25) is 0 Å². The third-order valence-corrected chi connectivity index (χ3v) is 2.48. The minimum Gasteiger partial charge on any atom is -0.465 e. The minimum absolute atomic E-state index is 0.353. The Kier molecular flexibility index (Phi) is 3.08. The van der Waals surface area contributed by atoms with Gasteiger partial charge in [0.1, 0.15) is 0 Å². The number of hydrogen-bond donors (Lipinski definition) is 2. The highest BCUT2D eigenvalue weighted by Gasteiger charge is 2.16. The fourth-order valence-corrected chi connectivity index (χ4v) is 1.64. The van der Waals surface area contributed by atoms with Crippen LogP contribution >= 0.6 is 0 Å². The molecule has 1 heterocycles. The molecule has 0 amide bonds. The van der Waals surface area contributed by atoms with Crippen molar-refractivity contribution in [1.29, 1.82) is 0 Å². The molecule has 0 bridgehead atoms. The number of ether oxygens (including phenoxy) is 1. The molecule has 0 atom stereocenters. The van der Waals surface area contributed by atoms with Gasteiger partial charge in [-0.05, 0) is 29.0 Å². The maximum absolute atomic E-state index is 11.3. The SMILES string of the molecule is COC(=O)c1ccc2c(B(O)O)ccnc2c1. The Morgan fingerprint density at radius 3 is 2.76 bits per heavy atom. The summed E-state index contributed by atoms with van der Waals surface area (Å²) in [6.45, 7) is 0. The lowest BCUT2D eigenvalue weighted by Crippen LogP contribution is -2.30. The molecule has 2 N–H and O–H groups in total. The summed E-state index contributed by atoms with van der Waals surface area (Å²) >= 11 is 0. The van der Waals surface area contributed by atoms with E-state index < -0.39 is 13.1 Å². The monoisotopic (exact) mass is 231 g/mol. The molecule has 0 spiro atoms. The van der Waals surface area contributed by atoms with Crippen molar-refractivity contribution in [2.24, 2.45) is 0 Å². The lowest BCUT2D eigenvalue weighted by atomic mass is 9.78. The summed E-state index contributed by atoms with van der Waals surface area (Å²) in [4.78, 5) is 15.4. The number of aromatic nitrogens is 1. The molecule has 2 rings (SSSR count). The van der Waals surface area contributed by atoms with Gasteiger partial charge in [0.05, 0.1) is 18.2 Å². The standard InChI is InChI=1S/C11H10BNO4/c1-17-11(14)7-2-3-8-9(12(15)16)4-5-13-10(8)6-7/h2-6,15-16H,1H3. The van der Waals surface area contributed by atoms with Crippen molar-refractivity contribution < 1.29 is 19.6 Å². The van der Waals surface area contributed by atoms with E-state index in [0.717, 1.165) is 0 Å². The van der Waals surface area contributed by atoms with E-state index in [-0.39, 0.29) is 0 Å². The number of fused-ring (bicyclic) bond motifs is 1. The molecule has 0 unspecified atom stereocenters. The van der Waals surface area contributed by atoms with E-state index in [1.807, 2.05) is 0 Å². The van der Waals surface area contributed by atoms with Gasteiger partial charge in [-0.2, -0.15) is 0 Å². The van der Waals surface area contributed by atoms with Crippen molar-refractivity contribution in [2.45, 2.75) is 0 Å². The third kappa shape index (κ3) is 2.13. The zero-order valence-electron chi connectivity index (χ0n) is 9.12. The van der Waals surface area contributed by atoms with Gasteiger partial charge in [0, 0.05) is 6.20 Å². The van der Waals surface area contributed by atoms with Crippen LogP contribution in [0.4, 0.5) is 0 Å². The van der Waals surface area contributed by atoms with Gasteiger partial charge in [-0.25, -0.2) is 4.79 Å². The summed E-state index contributed by atoms with van der Waals surface area (Å²) in [7, 11) is -0.266. The first kappa shape index (κ1) is 11.6. The smallest absolute Gasteiger partial charge is 0.465 e. The van der Waals surface area contributed by atoms with Crippen LogP contribution in [0.25, 0.3) is 10.9 Å². The first-order valence-electron chi connectivity index (χ1n) is 4.96. The van der Waals surface area contributed by atoms with E-state index in [0.29, 0.717) is 21.9 Å². The predicted octanol–water partition coefficient (Wildman–Crippen LogP) is -0.299. The number of pyridine rings is 1. The summed E-state index contributed by atoms with van der Waals surface area (Å²) in [5, 5.41) is 19.0. The summed E-state index contributed by atoms with van der Waals surface area (Å²) in [6, 6.07) is 6.24. The van der Waals surface area contributed by atoms with E-state index in [1.54, 1.807) is 18.2 Å². The normalized spacial score (nSPS) is 10.3. The number of hydrogen-bond acceptors (Lipinski definition) is 5. The van der Waals surface area contributed by atoms with E-state index >= 15 is 0 Å². The van der Waals surface area contributed by atoms with Crippen LogP contribution in [0.5, 0.6) is 0 Å². The highest BCUT2D eigenvalue weighted by molar-refractivity contribution is 6.61. The molecule has 1 aromatic heterocycles. The topological polar surface area (TPSA) is 79.7 Å². The van der Waals surface area contributed by atoms with Gasteiger partial charge in [-0.15, -0.1) is 0 Å². The molecule has 0 aliphatic carbocycles. The number of esters is 1. The van der Waals surface area contributed by atoms with Crippen molar-refractivity contribution in [1.82, 2.24) is 4.98 Å². The van der Waals surface area contributed by atoms with Gasteiger partial charge in [0.15, 0.2) is 0 Å². The summed E-state index contributed by atoms with van der Waals surface area (Å²) in [5.41, 5.74) is 1.24. The Morgan fingerprint density at radius 2 is 2.12 bits per heavy atom. The number of rotatable bonds is 2. The second-order valence-corrected chi connectivity index (χ2v) is 3.50. The molecular formula is C11H10BNO4. The molecule has 86 valence electrons. The van der Waals surface area contributed by atoms with Crippen molar-refractivity contribution >= 4 is 29.5 Å². The lowest BCUT2D eigenvalue weighted by Gasteiger charge is -2.06. The Bertz CT molecular complexity index is 570. The minimum atomic E-state index is -1.57. The van der Waals surface area contributed by atoms with Crippen molar-refractivity contribution in [2.75, 3.05) is 7.11 Å². The molecule has 0 aliphatic rings. The summed E-state index contributed by atoms with van der Waals surface area (Å²) < 4.78 is 4.60. The van der Waals surface area contributed by atoms with Gasteiger partial charge in [-0.1, -0.05) is 6.07 Å². The average Bonchev–Trinajstić information content (AvgIpc) is 2.36. The highest BCUT2D eigenvalue weighted by Crippen LogP contribution is 2.12. The zero-order chi connectivity index (χ0) is 12.4. The average molecular weight is 231 g/mol. The summed E-state index contributed by atoms with van der Waals surface area (Å²) in [6.07, 6.45) is 1.46. The largest absolute Gasteiger partial charge is 0.489 e. The van der Waals surface area contributed by atoms with Gasteiger partial charge >= 0.3 is 13.1 Å². The second kappa shape index (κ2) is 4.53. The molecule has 5 nitrogen and oxygen atoms in total. The Balaban J connectivity index is 2.60. The first-order valence-corrected chi connectivity index (χ1v) is 4.96. The number of nitrogens with zero attached hydrogens (tertiary/aromatic N) is 1. The quantitative estimate of drug-likeness (QED) is 0.548. The fraction of sp³-hybridized carbons (Fsp3) is 0.0909. The fourth-order valence-electron chi connectivity index (χ4n) is 1.64. The molecule has 0 radical (unpaired) electrons. The van der Waals surface area contributed by atoms with Crippen LogP contribution in [0, 0.1) is 0 Å². The predicted molar refractivity (Wildman–Crippen MR) is 62.9 cm³/mol. The molecule has 0 aliphatic heterocycles. The molecule has 0 fully saturated rings. The first-order chi connectivity index (χ1) is 8.13. The van der Waals surface area contributed by atoms with Crippen LogP contribution in [0.1, 0.15) is 10.4 Å². The molecule has 0 saturated carbocycles. The van der Waals surface area contributed by atoms with Crippen LogP contribution in [0.2, 0.25) is 0 Å². The van der Waals surface area contributed by atoms with Crippen LogP contribution in [-0.4, -0.2) is 35.2 Å². The molecule has 17 heavy (non-hydrogen) atoms. The highest BCUT2D eigenvalue weighted by atomic mass is 16.5. The molecular weight excluding hydrogens is 221 g/mol. The number of methoxy groups -OCH3 is 1. The van der Waals surface area contributed by atoms with E-state index in [4.69, 9.17) is 0 Å². The maximum atomic E-state index is 11.3. The Hall–Kier alpha value is -1.92. The van der Waals surface area contributed by atoms with Crippen molar-refractivity contribution in [3.05, 3.63) is 36.0 Å². The molecule has 1 aromatic carbocycles. The lowest BCUT2D eigenvalue weighted by molar-refractivity contribution is 0.0601. The Morgan fingerprint density at radius 1 is 1.35 bits per heavy atom. The molecule has 6 heteroatoms. The third-order valence-electron chi connectivity index (χ3n) is 2.48. The van der Waals surface area contributed by atoms with Crippen LogP contribution in [0.3, 0.4) is 0 Å². The molecule has 2 aromatic rings. The Labute approximate surface area is 97.8 Å². The van der Waals surface area contributed by atoms with Crippen LogP contribution in [0.15, 0.2) is 30.5 Å². The van der Waals surface area contributed by atoms with Crippen LogP contribution < -0.4 is 5.46 Å². The van der Waals surface area contributed by atoms with E-state index in [2.05, 4.69) is 9.72 Å². The number of benzene rings is 1. The number of carbonyl (C=O) groups excluding carboxylic acids is 1. The van der Waals surface area contributed by atoms with Crippen molar-refractivity contribution in [3.8, 4) is 0 Å². The maximum Gasteiger partial charge on any atom is 0.489 e. The van der Waals surface area contributed by atoms with E-state index in [9.17, 15) is 14.8 Å². The number of carbonyl (C=O) groups is 1. The van der Waals surface area contributed by atoms with Gasteiger partial charge in [-0.3, -0.25) is 4.98 Å². The second-order valence-electron chi connectivity index (χ2n) is 3.50. The summed E-state index contributed by atoms with van der Waals surface area (Å²) in [5.74, 6) is -0.455. The molecule has 0 saturated heterocycles. The zero-order valence-corrected chi connectivity index (χ0v) is 9.12.